The average molecular weight is 268 g/mol. The smallest absolute Gasteiger partial charge is 0.143 e. The third-order valence-electron chi connectivity index (χ3n) is 3.17. The first-order valence-electron chi connectivity index (χ1n) is 6.55. The molecule has 0 aliphatic carbocycles. The minimum atomic E-state index is -0.675. The molecule has 0 heterocycles. The van der Waals surface area contributed by atoms with E-state index in [0.29, 0.717) is 29.5 Å². The fourth-order valence-corrected chi connectivity index (χ4v) is 2.07. The summed E-state index contributed by atoms with van der Waals surface area (Å²) in [5.41, 5.74) is 1.41. The molecule has 0 unspecified atom stereocenters. The highest BCUT2D eigenvalue weighted by molar-refractivity contribution is 6.02. The van der Waals surface area contributed by atoms with Crippen LogP contribution in [0.1, 0.15) is 43.4 Å². The van der Waals surface area contributed by atoms with E-state index < -0.39 is 5.92 Å². The zero-order chi connectivity index (χ0) is 15.1. The molecule has 1 aromatic carbocycles. The maximum Gasteiger partial charge on any atom is 0.143 e. The third kappa shape index (κ3) is 3.76. The molecule has 0 saturated carbocycles. The van der Waals surface area contributed by atoms with Crippen molar-refractivity contribution in [2.24, 2.45) is 5.92 Å². The molecular formula is C16H16N2O2. The van der Waals surface area contributed by atoms with Crippen LogP contribution in [0.3, 0.4) is 0 Å². The lowest BCUT2D eigenvalue weighted by molar-refractivity contribution is -0.132. The molecule has 0 amide bonds. The second-order valence-corrected chi connectivity index (χ2v) is 4.54. The van der Waals surface area contributed by atoms with Crippen LogP contribution in [-0.4, -0.2) is 11.6 Å². The number of ketones is 2. The van der Waals surface area contributed by atoms with E-state index in [1.807, 2.05) is 12.1 Å². The second-order valence-electron chi connectivity index (χ2n) is 4.54. The Labute approximate surface area is 118 Å². The van der Waals surface area contributed by atoms with Gasteiger partial charge in [0, 0.05) is 12.8 Å². The van der Waals surface area contributed by atoms with E-state index in [0.717, 1.165) is 0 Å². The quantitative estimate of drug-likeness (QED) is 0.742. The summed E-state index contributed by atoms with van der Waals surface area (Å²) >= 11 is 0. The molecule has 0 aliphatic rings. The molecule has 0 radical (unpaired) electrons. The van der Waals surface area contributed by atoms with Gasteiger partial charge in [-0.25, -0.2) is 0 Å². The minimum absolute atomic E-state index is 0.0993. The van der Waals surface area contributed by atoms with Crippen LogP contribution in [0.25, 0.3) is 0 Å². The summed E-state index contributed by atoms with van der Waals surface area (Å²) in [6, 6.07) is 8.70. The summed E-state index contributed by atoms with van der Waals surface area (Å²) in [6.07, 6.45) is 0.864. The Bertz CT molecular complexity index is 558. The highest BCUT2D eigenvalue weighted by Gasteiger charge is 2.24. The maximum atomic E-state index is 11.9. The van der Waals surface area contributed by atoms with Gasteiger partial charge in [-0.15, -0.1) is 0 Å². The number of Topliss-reactive ketones (excluding diaryl/α,β-unsaturated/α-hetero) is 2. The standard InChI is InChI=1S/C16H16N2O2/c1-3-15(19)14(16(20)4-2)8-11-5-12(9-17)7-13(6-11)10-18/h5-7,14H,3-4,8H2,1-2H3. The molecule has 0 spiro atoms. The molecule has 0 fully saturated rings. The Kier molecular flexibility index (Phi) is 5.62. The number of nitrogens with zero attached hydrogens (tertiary/aromatic N) is 2. The number of carbonyl (C=O) groups excluding carboxylic acids is 2. The van der Waals surface area contributed by atoms with E-state index in [-0.39, 0.29) is 18.0 Å². The van der Waals surface area contributed by atoms with Crippen molar-refractivity contribution in [1.82, 2.24) is 0 Å². The molecule has 4 nitrogen and oxygen atoms in total. The van der Waals surface area contributed by atoms with E-state index in [1.165, 1.54) is 6.07 Å². The number of benzene rings is 1. The Morgan fingerprint density at radius 3 is 1.80 bits per heavy atom. The Morgan fingerprint density at radius 2 is 1.45 bits per heavy atom. The molecule has 0 N–H and O–H groups in total. The number of carbonyl (C=O) groups is 2. The molecule has 0 atom stereocenters. The van der Waals surface area contributed by atoms with Gasteiger partial charge in [0.25, 0.3) is 0 Å². The van der Waals surface area contributed by atoms with Crippen molar-refractivity contribution < 1.29 is 9.59 Å². The van der Waals surface area contributed by atoms with Gasteiger partial charge in [0.2, 0.25) is 0 Å². The van der Waals surface area contributed by atoms with Crippen molar-refractivity contribution in [3.63, 3.8) is 0 Å². The van der Waals surface area contributed by atoms with Crippen LogP contribution < -0.4 is 0 Å². The molecule has 0 aliphatic heterocycles. The monoisotopic (exact) mass is 268 g/mol. The Balaban J connectivity index is 3.12. The Morgan fingerprint density at radius 1 is 1.00 bits per heavy atom. The molecule has 4 heteroatoms. The predicted molar refractivity (Wildman–Crippen MR) is 73.7 cm³/mol. The highest BCUT2D eigenvalue weighted by atomic mass is 16.1. The zero-order valence-electron chi connectivity index (χ0n) is 11.6. The van der Waals surface area contributed by atoms with Crippen LogP contribution in [0.5, 0.6) is 0 Å². The van der Waals surface area contributed by atoms with Gasteiger partial charge in [-0.05, 0) is 30.2 Å². The minimum Gasteiger partial charge on any atom is -0.299 e. The van der Waals surface area contributed by atoms with Gasteiger partial charge < -0.3 is 0 Å². The van der Waals surface area contributed by atoms with Gasteiger partial charge in [-0.2, -0.15) is 10.5 Å². The third-order valence-corrected chi connectivity index (χ3v) is 3.17. The van der Waals surface area contributed by atoms with Gasteiger partial charge in [-0.3, -0.25) is 9.59 Å². The van der Waals surface area contributed by atoms with Crippen molar-refractivity contribution in [2.45, 2.75) is 33.1 Å². The molecule has 1 aromatic rings. The van der Waals surface area contributed by atoms with Crippen LogP contribution >= 0.6 is 0 Å². The molecule has 102 valence electrons. The van der Waals surface area contributed by atoms with Gasteiger partial charge in [0.05, 0.1) is 29.2 Å². The number of rotatable bonds is 6. The lowest BCUT2D eigenvalue weighted by Gasteiger charge is -2.13. The summed E-state index contributed by atoms with van der Waals surface area (Å²) in [5, 5.41) is 17.9. The van der Waals surface area contributed by atoms with Gasteiger partial charge in [0.15, 0.2) is 0 Å². The number of nitriles is 2. The van der Waals surface area contributed by atoms with Crippen molar-refractivity contribution in [1.29, 1.82) is 10.5 Å². The van der Waals surface area contributed by atoms with Crippen LogP contribution in [0.2, 0.25) is 0 Å². The average Bonchev–Trinajstić information content (AvgIpc) is 2.50. The summed E-state index contributed by atoms with van der Waals surface area (Å²) in [5.74, 6) is -0.874. The van der Waals surface area contributed by atoms with E-state index in [1.54, 1.807) is 26.0 Å². The summed E-state index contributed by atoms with van der Waals surface area (Å²) in [6.45, 7) is 3.45. The first-order chi connectivity index (χ1) is 9.55. The van der Waals surface area contributed by atoms with Crippen molar-refractivity contribution in [3.05, 3.63) is 34.9 Å². The molecular weight excluding hydrogens is 252 g/mol. The van der Waals surface area contributed by atoms with Gasteiger partial charge in [-0.1, -0.05) is 13.8 Å². The van der Waals surface area contributed by atoms with Crippen molar-refractivity contribution in [3.8, 4) is 12.1 Å². The predicted octanol–water partition coefficient (Wildman–Crippen LogP) is 2.55. The summed E-state index contributed by atoms with van der Waals surface area (Å²) in [4.78, 5) is 23.7. The van der Waals surface area contributed by atoms with Crippen LogP contribution in [0, 0.1) is 28.6 Å². The number of hydrogen-bond donors (Lipinski definition) is 0. The largest absolute Gasteiger partial charge is 0.299 e. The van der Waals surface area contributed by atoms with Crippen LogP contribution in [-0.2, 0) is 16.0 Å². The van der Waals surface area contributed by atoms with Crippen LogP contribution in [0.4, 0.5) is 0 Å². The zero-order valence-corrected chi connectivity index (χ0v) is 11.6. The maximum absolute atomic E-state index is 11.9. The van der Waals surface area contributed by atoms with E-state index in [2.05, 4.69) is 0 Å². The van der Waals surface area contributed by atoms with Crippen molar-refractivity contribution >= 4 is 11.6 Å². The van der Waals surface area contributed by atoms with Crippen molar-refractivity contribution in [2.75, 3.05) is 0 Å². The molecule has 1 rings (SSSR count). The fourth-order valence-electron chi connectivity index (χ4n) is 2.07. The summed E-state index contributed by atoms with van der Waals surface area (Å²) < 4.78 is 0. The molecule has 0 aromatic heterocycles. The van der Waals surface area contributed by atoms with E-state index >= 15 is 0 Å². The highest BCUT2D eigenvalue weighted by Crippen LogP contribution is 2.17. The lowest BCUT2D eigenvalue weighted by atomic mass is 9.88. The van der Waals surface area contributed by atoms with Crippen LogP contribution in [0.15, 0.2) is 18.2 Å². The molecule has 0 saturated heterocycles. The number of hydrogen-bond acceptors (Lipinski definition) is 4. The molecule has 20 heavy (non-hydrogen) atoms. The molecule has 0 bridgehead atoms. The van der Waals surface area contributed by atoms with Gasteiger partial charge in [0.1, 0.15) is 11.6 Å². The first-order valence-corrected chi connectivity index (χ1v) is 6.55. The normalized spacial score (nSPS) is 9.85. The van der Waals surface area contributed by atoms with E-state index in [9.17, 15) is 9.59 Å². The SMILES string of the molecule is CCC(=O)C(Cc1cc(C#N)cc(C#N)c1)C(=O)CC. The second kappa shape index (κ2) is 7.21. The lowest BCUT2D eigenvalue weighted by Crippen LogP contribution is -2.25. The summed E-state index contributed by atoms with van der Waals surface area (Å²) in [7, 11) is 0. The Hall–Kier alpha value is -2.46. The van der Waals surface area contributed by atoms with E-state index in [4.69, 9.17) is 10.5 Å². The first kappa shape index (κ1) is 15.6. The van der Waals surface area contributed by atoms with Gasteiger partial charge >= 0.3 is 0 Å². The topological polar surface area (TPSA) is 81.7 Å². The fraction of sp³-hybridized carbons (Fsp3) is 0.375.